The van der Waals surface area contributed by atoms with Crippen molar-refractivity contribution in [1.82, 2.24) is 15.5 Å². The Bertz CT molecular complexity index is 1400. The number of benzene rings is 2. The van der Waals surface area contributed by atoms with Crippen molar-refractivity contribution in [2.75, 3.05) is 6.54 Å². The van der Waals surface area contributed by atoms with Crippen LogP contribution in [0.2, 0.25) is 0 Å². The molecule has 200 valence electrons. The molecule has 2 aromatic carbocycles. The fraction of sp³-hybridized carbons (Fsp3) is 0.276. The number of hydrogen-bond donors (Lipinski definition) is 2. The number of furan rings is 1. The van der Waals surface area contributed by atoms with Crippen LogP contribution in [0.5, 0.6) is 0 Å². The zero-order chi connectivity index (χ0) is 27.2. The SMILES string of the molecule is CC[C@@H](SC1=Nc2ccccc2C2=N[C@@H](CC(=O)NCCc3ccccc3)C(=O)N12)C(=O)NCc1ccco1. The van der Waals surface area contributed by atoms with Crippen molar-refractivity contribution < 1.29 is 18.8 Å². The van der Waals surface area contributed by atoms with Crippen LogP contribution in [0.1, 0.15) is 36.7 Å². The quantitative estimate of drug-likeness (QED) is 0.403. The molecule has 0 spiro atoms. The Balaban J connectivity index is 1.28. The average molecular weight is 544 g/mol. The summed E-state index contributed by atoms with van der Waals surface area (Å²) in [6, 6.07) is 20.0. The predicted octanol–water partition coefficient (Wildman–Crippen LogP) is 3.82. The molecule has 1 aromatic heterocycles. The number of thioether (sulfide) groups is 1. The van der Waals surface area contributed by atoms with Gasteiger partial charge in [0.05, 0.1) is 30.2 Å². The van der Waals surface area contributed by atoms with Crippen LogP contribution in [0.25, 0.3) is 0 Å². The van der Waals surface area contributed by atoms with Gasteiger partial charge in [0.2, 0.25) is 11.8 Å². The number of nitrogens with one attached hydrogen (secondary N) is 2. The first-order valence-electron chi connectivity index (χ1n) is 12.9. The molecule has 3 aromatic rings. The maximum Gasteiger partial charge on any atom is 0.259 e. The van der Waals surface area contributed by atoms with Crippen molar-refractivity contribution >= 4 is 46.2 Å². The summed E-state index contributed by atoms with van der Waals surface area (Å²) < 4.78 is 5.30. The van der Waals surface area contributed by atoms with E-state index < -0.39 is 11.3 Å². The van der Waals surface area contributed by atoms with Gasteiger partial charge in [0.1, 0.15) is 17.6 Å². The van der Waals surface area contributed by atoms with E-state index in [1.807, 2.05) is 61.5 Å². The normalized spacial score (nSPS) is 16.6. The summed E-state index contributed by atoms with van der Waals surface area (Å²) in [5, 5.41) is 5.68. The number of amidine groups is 2. The second-order valence-corrected chi connectivity index (χ2v) is 10.3. The van der Waals surface area contributed by atoms with Crippen LogP contribution in [0.15, 0.2) is 87.4 Å². The highest BCUT2D eigenvalue weighted by atomic mass is 32.2. The second-order valence-electron chi connectivity index (χ2n) is 9.16. The van der Waals surface area contributed by atoms with Crippen LogP contribution >= 0.6 is 11.8 Å². The molecule has 0 fully saturated rings. The molecule has 3 amide bonds. The molecule has 39 heavy (non-hydrogen) atoms. The molecule has 0 radical (unpaired) electrons. The molecule has 2 aliphatic rings. The van der Waals surface area contributed by atoms with Gasteiger partial charge in [-0.1, -0.05) is 61.2 Å². The van der Waals surface area contributed by atoms with Crippen LogP contribution in [0.4, 0.5) is 5.69 Å². The van der Waals surface area contributed by atoms with Gasteiger partial charge in [0.15, 0.2) is 5.17 Å². The van der Waals surface area contributed by atoms with Crippen LogP contribution in [-0.4, -0.2) is 51.5 Å². The van der Waals surface area contributed by atoms with Crippen LogP contribution in [-0.2, 0) is 27.3 Å². The summed E-state index contributed by atoms with van der Waals surface area (Å²) in [6.45, 7) is 2.65. The maximum absolute atomic E-state index is 13.5. The summed E-state index contributed by atoms with van der Waals surface area (Å²) >= 11 is 1.22. The van der Waals surface area contributed by atoms with E-state index in [0.29, 0.717) is 41.8 Å². The zero-order valence-electron chi connectivity index (χ0n) is 21.5. The van der Waals surface area contributed by atoms with E-state index in [0.717, 1.165) is 11.1 Å². The third-order valence-corrected chi connectivity index (χ3v) is 7.75. The molecule has 2 N–H and O–H groups in total. The monoisotopic (exact) mass is 543 g/mol. The van der Waals surface area contributed by atoms with E-state index in [9.17, 15) is 14.4 Å². The molecule has 0 bridgehead atoms. The summed E-state index contributed by atoms with van der Waals surface area (Å²) in [6.07, 6.45) is 2.72. The molecule has 5 rings (SSSR count). The van der Waals surface area contributed by atoms with Gasteiger partial charge in [-0.05, 0) is 42.7 Å². The fourth-order valence-corrected chi connectivity index (χ4v) is 5.45. The lowest BCUT2D eigenvalue weighted by molar-refractivity contribution is -0.128. The summed E-state index contributed by atoms with van der Waals surface area (Å²) in [5.74, 6) is 0.369. The van der Waals surface area contributed by atoms with E-state index >= 15 is 0 Å². The van der Waals surface area contributed by atoms with Crippen molar-refractivity contribution in [3.63, 3.8) is 0 Å². The van der Waals surface area contributed by atoms with Crippen molar-refractivity contribution in [1.29, 1.82) is 0 Å². The summed E-state index contributed by atoms with van der Waals surface area (Å²) in [7, 11) is 0. The third-order valence-electron chi connectivity index (χ3n) is 6.43. The highest BCUT2D eigenvalue weighted by Crippen LogP contribution is 2.35. The lowest BCUT2D eigenvalue weighted by Gasteiger charge is -2.27. The summed E-state index contributed by atoms with van der Waals surface area (Å²) in [4.78, 5) is 50.0. The van der Waals surface area contributed by atoms with Crippen LogP contribution in [0, 0.1) is 0 Å². The molecular weight excluding hydrogens is 514 g/mol. The van der Waals surface area contributed by atoms with Gasteiger partial charge in [0.25, 0.3) is 5.91 Å². The number of para-hydroxylation sites is 1. The predicted molar refractivity (Wildman–Crippen MR) is 151 cm³/mol. The molecule has 10 heteroatoms. The Morgan fingerprint density at radius 3 is 2.62 bits per heavy atom. The molecule has 0 unspecified atom stereocenters. The number of rotatable bonds is 10. The summed E-state index contributed by atoms with van der Waals surface area (Å²) in [5.41, 5.74) is 2.51. The molecule has 0 saturated heterocycles. The molecule has 2 aliphatic heterocycles. The van der Waals surface area contributed by atoms with Crippen molar-refractivity contribution in [2.45, 2.75) is 44.0 Å². The largest absolute Gasteiger partial charge is 0.467 e. The van der Waals surface area contributed by atoms with Gasteiger partial charge in [-0.2, -0.15) is 0 Å². The first-order valence-corrected chi connectivity index (χ1v) is 13.8. The molecule has 2 atom stereocenters. The Labute approximate surface area is 230 Å². The number of nitrogens with zero attached hydrogens (tertiary/aromatic N) is 3. The van der Waals surface area contributed by atoms with Crippen molar-refractivity contribution in [2.24, 2.45) is 9.98 Å². The molecular formula is C29H29N5O4S. The minimum Gasteiger partial charge on any atom is -0.467 e. The van der Waals surface area contributed by atoms with Gasteiger partial charge >= 0.3 is 0 Å². The highest BCUT2D eigenvalue weighted by Gasteiger charge is 2.43. The Hall–Kier alpha value is -4.18. The van der Waals surface area contributed by atoms with E-state index in [4.69, 9.17) is 9.41 Å². The number of aliphatic imine (C=N–C) groups is 2. The Kier molecular flexibility index (Phi) is 8.21. The first kappa shape index (κ1) is 26.4. The third kappa shape index (κ3) is 6.12. The van der Waals surface area contributed by atoms with Gasteiger partial charge in [0, 0.05) is 12.1 Å². The number of amides is 3. The Morgan fingerprint density at radius 1 is 1.05 bits per heavy atom. The zero-order valence-corrected chi connectivity index (χ0v) is 22.3. The molecule has 0 aliphatic carbocycles. The van der Waals surface area contributed by atoms with Gasteiger partial charge in [-0.25, -0.2) is 9.89 Å². The van der Waals surface area contributed by atoms with Gasteiger partial charge in [-0.15, -0.1) is 0 Å². The topological polar surface area (TPSA) is 116 Å². The average Bonchev–Trinajstić information content (AvgIpc) is 3.59. The van der Waals surface area contributed by atoms with E-state index in [-0.39, 0.29) is 30.7 Å². The number of hydrogen-bond acceptors (Lipinski definition) is 7. The van der Waals surface area contributed by atoms with E-state index in [1.165, 1.54) is 16.7 Å². The fourth-order valence-electron chi connectivity index (χ4n) is 4.40. The van der Waals surface area contributed by atoms with E-state index in [1.54, 1.807) is 18.4 Å². The molecule has 3 heterocycles. The number of carbonyl (C=O) groups is 3. The first-order chi connectivity index (χ1) is 19.0. The molecule has 0 saturated carbocycles. The van der Waals surface area contributed by atoms with Crippen LogP contribution in [0.3, 0.4) is 0 Å². The van der Waals surface area contributed by atoms with Crippen molar-refractivity contribution in [3.8, 4) is 0 Å². The lowest BCUT2D eigenvalue weighted by atomic mass is 10.1. The van der Waals surface area contributed by atoms with Gasteiger partial charge < -0.3 is 15.1 Å². The number of carbonyl (C=O) groups excluding carboxylic acids is 3. The van der Waals surface area contributed by atoms with Gasteiger partial charge in [-0.3, -0.25) is 19.4 Å². The van der Waals surface area contributed by atoms with Crippen LogP contribution < -0.4 is 10.6 Å². The minimum atomic E-state index is -0.860. The standard InChI is InChI=1S/C29H29N5O4S/c1-2-24(27(36)31-18-20-11-8-16-38-20)39-29-33-22-13-7-6-12-21(22)26-32-23(28(37)34(26)29)17-25(35)30-15-14-19-9-4-3-5-10-19/h3-13,16,23-24H,2,14-15,17-18H2,1H3,(H,30,35)(H,31,36)/t23-,24+/m0/s1. The van der Waals surface area contributed by atoms with Crippen molar-refractivity contribution in [3.05, 3.63) is 89.9 Å². The lowest BCUT2D eigenvalue weighted by Crippen LogP contribution is -2.43. The molecule has 9 nitrogen and oxygen atoms in total. The highest BCUT2D eigenvalue weighted by molar-refractivity contribution is 8.15. The smallest absolute Gasteiger partial charge is 0.259 e. The second kappa shape index (κ2) is 12.1. The van der Waals surface area contributed by atoms with E-state index in [2.05, 4.69) is 15.6 Å². The Morgan fingerprint density at radius 2 is 1.85 bits per heavy atom. The number of fused-ring (bicyclic) bond motifs is 3. The maximum atomic E-state index is 13.5. The minimum absolute atomic E-state index is 0.0609.